The van der Waals surface area contributed by atoms with Crippen LogP contribution in [0, 0.1) is 16.7 Å². The fourth-order valence-electron chi connectivity index (χ4n) is 1.67. The molecule has 1 rings (SSSR count). The van der Waals surface area contributed by atoms with Crippen molar-refractivity contribution in [3.63, 3.8) is 0 Å². The molecule has 0 saturated heterocycles. The van der Waals surface area contributed by atoms with Crippen molar-refractivity contribution in [1.29, 1.82) is 5.26 Å². The van der Waals surface area contributed by atoms with E-state index in [2.05, 4.69) is 11.4 Å². The van der Waals surface area contributed by atoms with Crippen LogP contribution in [0.15, 0.2) is 0 Å². The van der Waals surface area contributed by atoms with Crippen molar-refractivity contribution >= 4 is 5.97 Å². The molecule has 1 fully saturated rings. The van der Waals surface area contributed by atoms with Crippen LogP contribution in [0.5, 0.6) is 0 Å². The second-order valence-corrected chi connectivity index (χ2v) is 4.91. The van der Waals surface area contributed by atoms with Crippen LogP contribution in [0.1, 0.15) is 39.5 Å². The summed E-state index contributed by atoms with van der Waals surface area (Å²) in [5.74, 6) is -0.761. The standard InChI is InChI=1S/C11H18N2O2/c1-10(2,8-12)6-7-13-11(9(14)15)4-3-5-11/h13H,3-7H2,1-2H3,(H,14,15). The Kier molecular flexibility index (Phi) is 3.35. The third kappa shape index (κ3) is 2.69. The van der Waals surface area contributed by atoms with E-state index in [1.54, 1.807) is 0 Å². The highest BCUT2D eigenvalue weighted by Crippen LogP contribution is 2.32. The Labute approximate surface area is 90.3 Å². The molecule has 0 amide bonds. The molecule has 0 radical (unpaired) electrons. The molecule has 0 aromatic carbocycles. The van der Waals surface area contributed by atoms with Crippen molar-refractivity contribution in [3.05, 3.63) is 0 Å². The van der Waals surface area contributed by atoms with Crippen molar-refractivity contribution in [2.45, 2.75) is 45.1 Å². The molecule has 4 heteroatoms. The lowest BCUT2D eigenvalue weighted by atomic mass is 9.76. The number of aliphatic carboxylic acids is 1. The van der Waals surface area contributed by atoms with Crippen LogP contribution in [-0.2, 0) is 4.79 Å². The molecular weight excluding hydrogens is 192 g/mol. The molecule has 0 atom stereocenters. The van der Waals surface area contributed by atoms with Crippen molar-refractivity contribution in [1.82, 2.24) is 5.32 Å². The Morgan fingerprint density at radius 1 is 1.60 bits per heavy atom. The van der Waals surface area contributed by atoms with Gasteiger partial charge in [0.1, 0.15) is 5.54 Å². The normalized spacial score (nSPS) is 19.0. The number of rotatable bonds is 5. The molecule has 1 saturated carbocycles. The van der Waals surface area contributed by atoms with Gasteiger partial charge in [-0.3, -0.25) is 4.79 Å². The Bertz CT molecular complexity index is 287. The summed E-state index contributed by atoms with van der Waals surface area (Å²) in [7, 11) is 0. The maximum Gasteiger partial charge on any atom is 0.323 e. The van der Waals surface area contributed by atoms with Crippen LogP contribution in [-0.4, -0.2) is 23.2 Å². The largest absolute Gasteiger partial charge is 0.480 e. The Morgan fingerprint density at radius 2 is 2.20 bits per heavy atom. The fourth-order valence-corrected chi connectivity index (χ4v) is 1.67. The minimum atomic E-state index is -0.761. The van der Waals surface area contributed by atoms with E-state index in [1.807, 2.05) is 13.8 Å². The Balaban J connectivity index is 2.37. The first-order valence-corrected chi connectivity index (χ1v) is 5.32. The lowest BCUT2D eigenvalue weighted by Crippen LogP contribution is -2.57. The topological polar surface area (TPSA) is 73.1 Å². The number of nitrogens with one attached hydrogen (secondary N) is 1. The van der Waals surface area contributed by atoms with E-state index in [4.69, 9.17) is 10.4 Å². The lowest BCUT2D eigenvalue weighted by molar-refractivity contribution is -0.148. The van der Waals surface area contributed by atoms with Gasteiger partial charge in [0.2, 0.25) is 0 Å². The first-order chi connectivity index (χ1) is 6.92. The molecule has 1 aliphatic carbocycles. The van der Waals surface area contributed by atoms with Crippen LogP contribution in [0.3, 0.4) is 0 Å². The average Bonchev–Trinajstić information content (AvgIpc) is 2.09. The highest BCUT2D eigenvalue weighted by Gasteiger charge is 2.43. The summed E-state index contributed by atoms with van der Waals surface area (Å²) in [6.45, 7) is 4.32. The van der Waals surface area contributed by atoms with Crippen molar-refractivity contribution in [2.24, 2.45) is 5.41 Å². The summed E-state index contributed by atoms with van der Waals surface area (Å²) in [6, 6.07) is 2.21. The SMILES string of the molecule is CC(C)(C#N)CCNC1(C(=O)O)CCC1. The van der Waals surface area contributed by atoms with Crippen molar-refractivity contribution in [3.8, 4) is 6.07 Å². The van der Waals surface area contributed by atoms with Gasteiger partial charge in [0, 0.05) is 0 Å². The molecule has 2 N–H and O–H groups in total. The molecule has 0 heterocycles. The first-order valence-electron chi connectivity index (χ1n) is 5.32. The maximum atomic E-state index is 11.0. The second kappa shape index (κ2) is 4.19. The van der Waals surface area contributed by atoms with Crippen LogP contribution in [0.25, 0.3) is 0 Å². The molecule has 0 aromatic heterocycles. The van der Waals surface area contributed by atoms with Gasteiger partial charge in [-0.2, -0.15) is 5.26 Å². The van der Waals surface area contributed by atoms with E-state index < -0.39 is 11.5 Å². The van der Waals surface area contributed by atoms with E-state index in [9.17, 15) is 4.79 Å². The van der Waals surface area contributed by atoms with Crippen LogP contribution in [0.2, 0.25) is 0 Å². The molecule has 0 spiro atoms. The van der Waals surface area contributed by atoms with Crippen molar-refractivity contribution in [2.75, 3.05) is 6.54 Å². The lowest BCUT2D eigenvalue weighted by Gasteiger charge is -2.39. The summed E-state index contributed by atoms with van der Waals surface area (Å²) < 4.78 is 0. The summed E-state index contributed by atoms with van der Waals surface area (Å²) in [5.41, 5.74) is -1.08. The Morgan fingerprint density at radius 3 is 2.53 bits per heavy atom. The monoisotopic (exact) mass is 210 g/mol. The number of nitrogens with zero attached hydrogens (tertiary/aromatic N) is 1. The molecular formula is C11H18N2O2. The minimum absolute atomic E-state index is 0.379. The number of carbonyl (C=O) groups is 1. The zero-order valence-electron chi connectivity index (χ0n) is 9.34. The summed E-state index contributed by atoms with van der Waals surface area (Å²) in [5, 5.41) is 20.9. The van der Waals surface area contributed by atoms with E-state index in [0.29, 0.717) is 25.8 Å². The van der Waals surface area contributed by atoms with Gasteiger partial charge in [-0.25, -0.2) is 0 Å². The summed E-state index contributed by atoms with van der Waals surface area (Å²) in [4.78, 5) is 11.0. The van der Waals surface area contributed by atoms with E-state index >= 15 is 0 Å². The zero-order valence-corrected chi connectivity index (χ0v) is 9.34. The second-order valence-electron chi connectivity index (χ2n) is 4.91. The number of hydrogen-bond acceptors (Lipinski definition) is 3. The van der Waals surface area contributed by atoms with Gasteiger partial charge in [0.05, 0.1) is 11.5 Å². The minimum Gasteiger partial charge on any atom is -0.480 e. The summed E-state index contributed by atoms with van der Waals surface area (Å²) in [6.07, 6.45) is 3.06. The van der Waals surface area contributed by atoms with Crippen LogP contribution >= 0.6 is 0 Å². The molecule has 0 aliphatic heterocycles. The molecule has 1 aliphatic rings. The Hall–Kier alpha value is -1.08. The van der Waals surface area contributed by atoms with Crippen LogP contribution < -0.4 is 5.32 Å². The number of carboxylic acids is 1. The predicted octanol–water partition coefficient (Wildman–Crippen LogP) is 1.52. The van der Waals surface area contributed by atoms with Crippen LogP contribution in [0.4, 0.5) is 0 Å². The highest BCUT2D eigenvalue weighted by atomic mass is 16.4. The van der Waals surface area contributed by atoms with Crippen molar-refractivity contribution < 1.29 is 9.90 Å². The summed E-state index contributed by atoms with van der Waals surface area (Å²) >= 11 is 0. The number of nitriles is 1. The molecule has 15 heavy (non-hydrogen) atoms. The van der Waals surface area contributed by atoms with Gasteiger partial charge in [-0.05, 0) is 46.1 Å². The van der Waals surface area contributed by atoms with Gasteiger partial charge in [0.25, 0.3) is 0 Å². The molecule has 0 unspecified atom stereocenters. The van der Waals surface area contributed by atoms with E-state index in [0.717, 1.165) is 6.42 Å². The van der Waals surface area contributed by atoms with Gasteiger partial charge in [-0.1, -0.05) is 0 Å². The molecule has 0 bridgehead atoms. The van der Waals surface area contributed by atoms with Gasteiger partial charge in [-0.15, -0.1) is 0 Å². The molecule has 0 aromatic rings. The molecule has 84 valence electrons. The van der Waals surface area contributed by atoms with Gasteiger partial charge >= 0.3 is 5.97 Å². The van der Waals surface area contributed by atoms with Gasteiger partial charge < -0.3 is 10.4 Å². The highest BCUT2D eigenvalue weighted by molar-refractivity contribution is 5.79. The quantitative estimate of drug-likeness (QED) is 0.721. The average molecular weight is 210 g/mol. The predicted molar refractivity (Wildman–Crippen MR) is 56.2 cm³/mol. The zero-order chi connectivity index (χ0) is 11.5. The third-order valence-electron chi connectivity index (χ3n) is 3.13. The number of carboxylic acid groups (broad SMARTS) is 1. The van der Waals surface area contributed by atoms with E-state index in [1.165, 1.54) is 0 Å². The third-order valence-corrected chi connectivity index (χ3v) is 3.13. The van der Waals surface area contributed by atoms with Gasteiger partial charge in [0.15, 0.2) is 0 Å². The number of hydrogen-bond donors (Lipinski definition) is 2. The first kappa shape index (κ1) is 12.0. The van der Waals surface area contributed by atoms with E-state index in [-0.39, 0.29) is 5.41 Å². The fraction of sp³-hybridized carbons (Fsp3) is 0.818. The maximum absolute atomic E-state index is 11.0. The molecule has 4 nitrogen and oxygen atoms in total. The smallest absolute Gasteiger partial charge is 0.323 e.